The molecule has 4 N–H and O–H groups in total. The summed E-state index contributed by atoms with van der Waals surface area (Å²) in [7, 11) is 0. The van der Waals surface area contributed by atoms with E-state index in [1.54, 1.807) is 13.8 Å². The van der Waals surface area contributed by atoms with Crippen molar-refractivity contribution in [1.29, 1.82) is 0 Å². The van der Waals surface area contributed by atoms with E-state index in [0.717, 1.165) is 0 Å². The lowest BCUT2D eigenvalue weighted by atomic mass is 10.0. The zero-order valence-corrected chi connectivity index (χ0v) is 6.63. The van der Waals surface area contributed by atoms with Crippen molar-refractivity contribution in [2.24, 2.45) is 28.7 Å². The monoisotopic (exact) mass is 156 g/mol. The highest BCUT2D eigenvalue weighted by Gasteiger charge is 2.68. The summed E-state index contributed by atoms with van der Waals surface area (Å²) < 4.78 is 0. The molecule has 11 heavy (non-hydrogen) atoms. The third kappa shape index (κ3) is 0.692. The summed E-state index contributed by atoms with van der Waals surface area (Å²) in [5, 5.41) is 0. The number of carbonyl (C=O) groups excluding carboxylic acids is 2. The minimum absolute atomic E-state index is 0.00231. The lowest BCUT2D eigenvalue weighted by molar-refractivity contribution is -0.134. The number of carbonyl (C=O) groups is 2. The van der Waals surface area contributed by atoms with Crippen LogP contribution in [0.25, 0.3) is 0 Å². The molecule has 0 aromatic heterocycles. The normalized spacial score (nSPS) is 32.9. The third-order valence-corrected chi connectivity index (χ3v) is 2.89. The fraction of sp³-hybridized carbons (Fsp3) is 0.714. The van der Waals surface area contributed by atoms with Gasteiger partial charge in [-0.05, 0) is 11.8 Å². The summed E-state index contributed by atoms with van der Waals surface area (Å²) in [6.07, 6.45) is 0. The molecule has 0 radical (unpaired) electrons. The second-order valence-electron chi connectivity index (χ2n) is 3.17. The van der Waals surface area contributed by atoms with Crippen LogP contribution in [0.2, 0.25) is 0 Å². The minimum atomic E-state index is -1.06. The Labute approximate surface area is 64.9 Å². The Kier molecular flexibility index (Phi) is 1.44. The molecule has 0 aliphatic heterocycles. The average Bonchev–Trinajstić information content (AvgIpc) is 2.37. The lowest BCUT2D eigenvalue weighted by Crippen LogP contribution is -2.39. The Balaban J connectivity index is 2.96. The van der Waals surface area contributed by atoms with Crippen LogP contribution in [0.4, 0.5) is 0 Å². The fourth-order valence-electron chi connectivity index (χ4n) is 1.79. The van der Waals surface area contributed by atoms with Crippen LogP contribution in [0.1, 0.15) is 13.8 Å². The second kappa shape index (κ2) is 1.96. The van der Waals surface area contributed by atoms with Crippen molar-refractivity contribution in [3.8, 4) is 0 Å². The molecule has 1 saturated carbocycles. The molecule has 1 fully saturated rings. The molecule has 1 rings (SSSR count). The van der Waals surface area contributed by atoms with Crippen LogP contribution in [0.15, 0.2) is 0 Å². The molecule has 62 valence electrons. The van der Waals surface area contributed by atoms with E-state index in [9.17, 15) is 9.59 Å². The van der Waals surface area contributed by atoms with Crippen LogP contribution in [0.5, 0.6) is 0 Å². The van der Waals surface area contributed by atoms with Crippen LogP contribution in [0.3, 0.4) is 0 Å². The highest BCUT2D eigenvalue weighted by atomic mass is 16.2. The maximum atomic E-state index is 10.9. The maximum Gasteiger partial charge on any atom is 0.233 e. The van der Waals surface area contributed by atoms with Gasteiger partial charge in [-0.15, -0.1) is 0 Å². The van der Waals surface area contributed by atoms with E-state index >= 15 is 0 Å². The molecule has 4 nitrogen and oxygen atoms in total. The molecule has 0 aromatic carbocycles. The molecule has 1 aliphatic rings. The van der Waals surface area contributed by atoms with Gasteiger partial charge in [0.1, 0.15) is 5.41 Å². The molecule has 0 saturated heterocycles. The molecule has 2 amide bonds. The van der Waals surface area contributed by atoms with Gasteiger partial charge in [0.25, 0.3) is 0 Å². The first-order valence-corrected chi connectivity index (χ1v) is 3.55. The zero-order chi connectivity index (χ0) is 8.81. The SMILES string of the molecule is CC1C(C)C1(C(N)=O)C(N)=O. The molecule has 0 heterocycles. The molecule has 1 aliphatic carbocycles. The van der Waals surface area contributed by atoms with Crippen LogP contribution in [0, 0.1) is 17.3 Å². The Morgan fingerprint density at radius 3 is 1.36 bits per heavy atom. The third-order valence-electron chi connectivity index (χ3n) is 2.89. The van der Waals surface area contributed by atoms with Gasteiger partial charge in [-0.25, -0.2) is 0 Å². The number of amides is 2. The molecule has 0 bridgehead atoms. The van der Waals surface area contributed by atoms with Crippen LogP contribution >= 0.6 is 0 Å². The Bertz CT molecular complexity index is 200. The number of nitrogens with two attached hydrogens (primary N) is 2. The van der Waals surface area contributed by atoms with E-state index in [2.05, 4.69) is 0 Å². The largest absolute Gasteiger partial charge is 0.369 e. The van der Waals surface area contributed by atoms with Crippen molar-refractivity contribution in [3.63, 3.8) is 0 Å². The van der Waals surface area contributed by atoms with E-state index in [4.69, 9.17) is 11.5 Å². The van der Waals surface area contributed by atoms with Gasteiger partial charge in [0.05, 0.1) is 0 Å². The second-order valence-corrected chi connectivity index (χ2v) is 3.17. The van der Waals surface area contributed by atoms with Crippen LogP contribution in [-0.4, -0.2) is 11.8 Å². The van der Waals surface area contributed by atoms with E-state index in [0.29, 0.717) is 0 Å². The number of hydrogen-bond acceptors (Lipinski definition) is 2. The summed E-state index contributed by atoms with van der Waals surface area (Å²) in [5.41, 5.74) is 9.09. The molecular formula is C7H12N2O2. The molecule has 2 atom stereocenters. The Hall–Kier alpha value is -1.06. The van der Waals surface area contributed by atoms with Gasteiger partial charge in [-0.3, -0.25) is 9.59 Å². The Morgan fingerprint density at radius 1 is 1.09 bits per heavy atom. The Morgan fingerprint density at radius 2 is 1.36 bits per heavy atom. The van der Waals surface area contributed by atoms with Crippen molar-refractivity contribution in [3.05, 3.63) is 0 Å². The highest BCUT2D eigenvalue weighted by molar-refractivity contribution is 6.07. The predicted molar refractivity (Wildman–Crippen MR) is 39.1 cm³/mol. The fourth-order valence-corrected chi connectivity index (χ4v) is 1.79. The van der Waals surface area contributed by atoms with E-state index in [1.807, 2.05) is 0 Å². The molecule has 0 aromatic rings. The van der Waals surface area contributed by atoms with Crippen LogP contribution < -0.4 is 11.5 Å². The summed E-state index contributed by atoms with van der Waals surface area (Å²) in [6, 6.07) is 0. The van der Waals surface area contributed by atoms with E-state index < -0.39 is 17.2 Å². The summed E-state index contributed by atoms with van der Waals surface area (Å²) in [6.45, 7) is 3.61. The van der Waals surface area contributed by atoms with Gasteiger partial charge in [-0.2, -0.15) is 0 Å². The van der Waals surface area contributed by atoms with Gasteiger partial charge in [-0.1, -0.05) is 13.8 Å². The van der Waals surface area contributed by atoms with Gasteiger partial charge < -0.3 is 11.5 Å². The van der Waals surface area contributed by atoms with Crippen molar-refractivity contribution in [2.75, 3.05) is 0 Å². The summed E-state index contributed by atoms with van der Waals surface area (Å²) in [4.78, 5) is 21.7. The van der Waals surface area contributed by atoms with Gasteiger partial charge >= 0.3 is 0 Å². The van der Waals surface area contributed by atoms with Crippen molar-refractivity contribution in [2.45, 2.75) is 13.8 Å². The first-order chi connectivity index (χ1) is 4.95. The van der Waals surface area contributed by atoms with Gasteiger partial charge in [0.2, 0.25) is 11.8 Å². The van der Waals surface area contributed by atoms with Gasteiger partial charge in [0.15, 0.2) is 0 Å². The maximum absolute atomic E-state index is 10.9. The zero-order valence-electron chi connectivity index (χ0n) is 6.63. The molecule has 2 unspecified atom stereocenters. The first kappa shape index (κ1) is 8.04. The van der Waals surface area contributed by atoms with E-state index in [1.165, 1.54) is 0 Å². The number of hydrogen-bond donors (Lipinski definition) is 2. The first-order valence-electron chi connectivity index (χ1n) is 3.55. The van der Waals surface area contributed by atoms with Crippen LogP contribution in [-0.2, 0) is 9.59 Å². The van der Waals surface area contributed by atoms with Gasteiger partial charge in [0, 0.05) is 0 Å². The number of rotatable bonds is 2. The summed E-state index contributed by atoms with van der Waals surface area (Å²) in [5.74, 6) is -1.19. The smallest absolute Gasteiger partial charge is 0.233 e. The minimum Gasteiger partial charge on any atom is -0.369 e. The standard InChI is InChI=1S/C7H12N2O2/c1-3-4(2)7(3,5(8)10)6(9)11/h3-4H,1-2H3,(H2,8,10)(H2,9,11). The predicted octanol–water partition coefficient (Wildman–Crippen LogP) is -0.771. The van der Waals surface area contributed by atoms with Crippen molar-refractivity contribution in [1.82, 2.24) is 0 Å². The molecular weight excluding hydrogens is 144 g/mol. The van der Waals surface area contributed by atoms with Crippen molar-refractivity contribution >= 4 is 11.8 Å². The van der Waals surface area contributed by atoms with Crippen molar-refractivity contribution < 1.29 is 9.59 Å². The highest BCUT2D eigenvalue weighted by Crippen LogP contribution is 2.57. The average molecular weight is 156 g/mol. The molecule has 0 spiro atoms. The lowest BCUT2D eigenvalue weighted by Gasteiger charge is -2.06. The quantitative estimate of drug-likeness (QED) is 0.514. The molecule has 4 heteroatoms. The number of primary amides is 2. The van der Waals surface area contributed by atoms with E-state index in [-0.39, 0.29) is 11.8 Å². The topological polar surface area (TPSA) is 86.2 Å². The summed E-state index contributed by atoms with van der Waals surface area (Å²) >= 11 is 0.